The molecule has 0 saturated carbocycles. The molecule has 0 fully saturated rings. The second kappa shape index (κ2) is 8.64. The van der Waals surface area contributed by atoms with Crippen LogP contribution in [0.4, 0.5) is 17.2 Å². The van der Waals surface area contributed by atoms with E-state index in [1.165, 1.54) is 17.5 Å². The number of amides is 2. The molecule has 0 bridgehead atoms. The van der Waals surface area contributed by atoms with Crippen molar-refractivity contribution in [3.05, 3.63) is 69.0 Å². The van der Waals surface area contributed by atoms with Crippen LogP contribution in [0.5, 0.6) is 0 Å². The molecule has 1 aliphatic heterocycles. The number of carbonyl (C=O) groups excluding carboxylic acids is 2. The molecule has 3 aromatic rings. The minimum absolute atomic E-state index is 0.224. The van der Waals surface area contributed by atoms with E-state index >= 15 is 0 Å². The molecule has 3 N–H and O–H groups in total. The van der Waals surface area contributed by atoms with Crippen LogP contribution in [-0.4, -0.2) is 30.5 Å². The van der Waals surface area contributed by atoms with Gasteiger partial charge in [-0.25, -0.2) is 4.98 Å². The van der Waals surface area contributed by atoms with Gasteiger partial charge >= 0.3 is 0 Å². The van der Waals surface area contributed by atoms with E-state index < -0.39 is 0 Å². The molecule has 0 radical (unpaired) electrons. The van der Waals surface area contributed by atoms with Crippen LogP contribution in [0.25, 0.3) is 0 Å². The number of fused-ring (bicyclic) bond motifs is 1. The second-order valence-electron chi connectivity index (χ2n) is 6.95. The smallest absolute Gasteiger partial charge is 0.256 e. The number of nitrogens with zero attached hydrogens (tertiary/aromatic N) is 1. The van der Waals surface area contributed by atoms with Crippen molar-refractivity contribution in [1.82, 2.24) is 10.3 Å². The summed E-state index contributed by atoms with van der Waals surface area (Å²) in [4.78, 5) is 30.7. The number of para-hydroxylation sites is 1. The molecule has 1 aromatic carbocycles. The van der Waals surface area contributed by atoms with Gasteiger partial charge in [-0.1, -0.05) is 18.2 Å². The fourth-order valence-electron chi connectivity index (χ4n) is 3.31. The summed E-state index contributed by atoms with van der Waals surface area (Å²) in [6.45, 7) is 3.14. The van der Waals surface area contributed by atoms with Gasteiger partial charge in [0.05, 0.1) is 30.0 Å². The first-order valence-electron chi connectivity index (χ1n) is 9.60. The number of aromatic nitrogens is 1. The summed E-state index contributed by atoms with van der Waals surface area (Å²) in [7, 11) is 1.56. The molecule has 7 nitrogen and oxygen atoms in total. The monoisotopic (exact) mass is 422 g/mol. The lowest BCUT2D eigenvalue weighted by Crippen LogP contribution is -2.20. The van der Waals surface area contributed by atoms with Gasteiger partial charge in [0.15, 0.2) is 5.82 Å². The zero-order valence-corrected chi connectivity index (χ0v) is 17.6. The lowest BCUT2D eigenvalue weighted by atomic mass is 10.1. The number of benzene rings is 1. The lowest BCUT2D eigenvalue weighted by Gasteiger charge is -2.16. The maximum absolute atomic E-state index is 13.1. The van der Waals surface area contributed by atoms with Crippen molar-refractivity contribution in [2.45, 2.75) is 20.0 Å². The number of rotatable bonds is 5. The summed E-state index contributed by atoms with van der Waals surface area (Å²) in [6.07, 6.45) is 2.20. The first-order chi connectivity index (χ1) is 14.6. The van der Waals surface area contributed by atoms with Gasteiger partial charge in [-0.05, 0) is 36.6 Å². The number of hydrogen-bond acceptors (Lipinski definition) is 6. The Morgan fingerprint density at radius 2 is 2.00 bits per heavy atom. The van der Waals surface area contributed by atoms with Gasteiger partial charge in [-0.15, -0.1) is 11.3 Å². The maximum Gasteiger partial charge on any atom is 0.256 e. The fourth-order valence-corrected chi connectivity index (χ4v) is 4.32. The van der Waals surface area contributed by atoms with E-state index in [1.807, 2.05) is 36.6 Å². The van der Waals surface area contributed by atoms with E-state index in [0.717, 1.165) is 21.7 Å². The average molecular weight is 423 g/mol. The molecular formula is C22H22N4O3S. The third-order valence-electron chi connectivity index (χ3n) is 4.98. The maximum atomic E-state index is 13.1. The largest absolute Gasteiger partial charge is 0.376 e. The summed E-state index contributed by atoms with van der Waals surface area (Å²) >= 11 is 1.53. The highest BCUT2D eigenvalue weighted by atomic mass is 32.1. The summed E-state index contributed by atoms with van der Waals surface area (Å²) < 4.78 is 5.47. The van der Waals surface area contributed by atoms with Gasteiger partial charge in [0.2, 0.25) is 0 Å². The molecule has 0 unspecified atom stereocenters. The Kier molecular flexibility index (Phi) is 5.78. The Labute approximate surface area is 178 Å². The van der Waals surface area contributed by atoms with E-state index in [0.29, 0.717) is 42.3 Å². The molecule has 154 valence electrons. The SMILES string of the molecule is CNC(=O)c1cnc(Nc2ccccc2C)c(NC(=O)c2csc3c2CCOC3)c1. The Bertz CT molecular complexity index is 1110. The third-order valence-corrected chi connectivity index (χ3v) is 5.98. The Balaban J connectivity index is 1.67. The van der Waals surface area contributed by atoms with E-state index in [2.05, 4.69) is 20.9 Å². The van der Waals surface area contributed by atoms with Crippen LogP contribution in [-0.2, 0) is 17.8 Å². The van der Waals surface area contributed by atoms with Crippen molar-refractivity contribution >= 4 is 40.3 Å². The lowest BCUT2D eigenvalue weighted by molar-refractivity contribution is 0.0960. The number of thiophene rings is 1. The Morgan fingerprint density at radius 1 is 1.17 bits per heavy atom. The van der Waals surface area contributed by atoms with Crippen molar-refractivity contribution in [1.29, 1.82) is 0 Å². The number of nitrogens with one attached hydrogen (secondary N) is 3. The van der Waals surface area contributed by atoms with E-state index in [4.69, 9.17) is 4.74 Å². The normalized spacial score (nSPS) is 12.7. The predicted octanol–water partition coefficient (Wildman–Crippen LogP) is 3.88. The van der Waals surface area contributed by atoms with Crippen LogP contribution in [0, 0.1) is 6.92 Å². The van der Waals surface area contributed by atoms with Gasteiger partial charge in [0.25, 0.3) is 11.8 Å². The molecule has 8 heteroatoms. The molecule has 0 saturated heterocycles. The van der Waals surface area contributed by atoms with Crippen molar-refractivity contribution in [3.8, 4) is 0 Å². The van der Waals surface area contributed by atoms with Crippen LogP contribution in [0.15, 0.2) is 41.9 Å². The Morgan fingerprint density at radius 3 is 2.80 bits per heavy atom. The van der Waals surface area contributed by atoms with E-state index in [9.17, 15) is 9.59 Å². The first-order valence-corrected chi connectivity index (χ1v) is 10.5. The highest BCUT2D eigenvalue weighted by Crippen LogP contribution is 2.30. The third kappa shape index (κ3) is 4.05. The molecule has 2 aromatic heterocycles. The van der Waals surface area contributed by atoms with Crippen molar-refractivity contribution in [3.63, 3.8) is 0 Å². The number of pyridine rings is 1. The Hall–Kier alpha value is -3.23. The van der Waals surface area contributed by atoms with Crippen LogP contribution in [0.2, 0.25) is 0 Å². The standard InChI is InChI=1S/C22H22N4O3S/c1-13-5-3-4-6-17(13)25-20-18(9-14(10-24-20)21(27)23-2)26-22(28)16-12-30-19-11-29-8-7-15(16)19/h3-6,9-10,12H,7-8,11H2,1-2H3,(H,23,27)(H,24,25)(H,26,28). The first kappa shape index (κ1) is 20.1. The van der Waals surface area contributed by atoms with Crippen LogP contribution in [0.1, 0.15) is 36.7 Å². The number of aryl methyl sites for hydroxylation is 1. The van der Waals surface area contributed by atoms with Crippen molar-refractivity contribution < 1.29 is 14.3 Å². The minimum Gasteiger partial charge on any atom is -0.376 e. The predicted molar refractivity (Wildman–Crippen MR) is 118 cm³/mol. The molecule has 30 heavy (non-hydrogen) atoms. The summed E-state index contributed by atoms with van der Waals surface area (Å²) in [5, 5.41) is 10.7. The second-order valence-corrected chi connectivity index (χ2v) is 7.91. The zero-order valence-electron chi connectivity index (χ0n) is 16.7. The molecule has 2 amide bonds. The van der Waals surface area contributed by atoms with Gasteiger partial charge in [-0.3, -0.25) is 9.59 Å². The van der Waals surface area contributed by atoms with E-state index in [1.54, 1.807) is 13.1 Å². The topological polar surface area (TPSA) is 92.4 Å². The van der Waals surface area contributed by atoms with Gasteiger partial charge < -0.3 is 20.7 Å². The molecule has 0 aliphatic carbocycles. The average Bonchev–Trinajstić information content (AvgIpc) is 3.20. The number of anilines is 3. The number of hydrogen-bond donors (Lipinski definition) is 3. The summed E-state index contributed by atoms with van der Waals surface area (Å²) in [6, 6.07) is 9.43. The van der Waals surface area contributed by atoms with Gasteiger partial charge in [-0.2, -0.15) is 0 Å². The number of carbonyl (C=O) groups is 2. The van der Waals surface area contributed by atoms with Gasteiger partial charge in [0.1, 0.15) is 0 Å². The van der Waals surface area contributed by atoms with Crippen molar-refractivity contribution in [2.75, 3.05) is 24.3 Å². The van der Waals surface area contributed by atoms with Crippen LogP contribution >= 0.6 is 11.3 Å². The molecule has 0 spiro atoms. The zero-order chi connectivity index (χ0) is 21.1. The quantitative estimate of drug-likeness (QED) is 0.580. The highest BCUT2D eigenvalue weighted by molar-refractivity contribution is 7.10. The molecule has 0 atom stereocenters. The molecular weight excluding hydrogens is 400 g/mol. The minimum atomic E-state index is -0.273. The number of ether oxygens (including phenoxy) is 1. The summed E-state index contributed by atoms with van der Waals surface area (Å²) in [5.41, 5.74) is 4.40. The molecule has 4 rings (SSSR count). The van der Waals surface area contributed by atoms with Crippen LogP contribution in [0.3, 0.4) is 0 Å². The fraction of sp³-hybridized carbons (Fsp3) is 0.227. The van der Waals surface area contributed by atoms with Crippen LogP contribution < -0.4 is 16.0 Å². The highest BCUT2D eigenvalue weighted by Gasteiger charge is 2.22. The van der Waals surface area contributed by atoms with Crippen molar-refractivity contribution in [2.24, 2.45) is 0 Å². The summed E-state index contributed by atoms with van der Waals surface area (Å²) in [5.74, 6) is -0.0266. The van der Waals surface area contributed by atoms with Gasteiger partial charge in [0, 0.05) is 29.2 Å². The molecule has 1 aliphatic rings. The molecule has 3 heterocycles. The van der Waals surface area contributed by atoms with E-state index in [-0.39, 0.29) is 11.8 Å².